The highest BCUT2D eigenvalue weighted by Gasteiger charge is 2.18. The number of unbranched alkanes of at least 4 members (excludes halogenated alkanes) is 1. The number of nitrogens with zero attached hydrogens (tertiary/aromatic N) is 1. The number of benzene rings is 1. The molecule has 1 aliphatic rings. The highest BCUT2D eigenvalue weighted by Crippen LogP contribution is 2.26. The summed E-state index contributed by atoms with van der Waals surface area (Å²) in [5, 5.41) is 0.718. The molecule has 1 aliphatic carbocycles. The summed E-state index contributed by atoms with van der Waals surface area (Å²) >= 11 is 5.84. The first kappa shape index (κ1) is 18.1. The highest BCUT2D eigenvalue weighted by molar-refractivity contribution is 6.30. The van der Waals surface area contributed by atoms with Gasteiger partial charge in [-0.3, -0.25) is 4.79 Å². The quantitative estimate of drug-likeness (QED) is 0.629. The van der Waals surface area contributed by atoms with E-state index in [1.54, 1.807) is 0 Å². The Labute approximate surface area is 145 Å². The Bertz CT molecular complexity index is 469. The van der Waals surface area contributed by atoms with E-state index in [0.717, 1.165) is 36.6 Å². The SMILES string of the molecule is CN(CCCCOc1ccc(Cl)cc1)C(=O)CC1CCCCC1. The molecule has 0 atom stereocenters. The van der Waals surface area contributed by atoms with Crippen LogP contribution in [0.4, 0.5) is 0 Å². The second-order valence-electron chi connectivity index (χ2n) is 6.53. The molecule has 4 heteroatoms. The van der Waals surface area contributed by atoms with Crippen LogP contribution in [0.5, 0.6) is 5.75 Å². The maximum Gasteiger partial charge on any atom is 0.222 e. The fourth-order valence-corrected chi connectivity index (χ4v) is 3.22. The Kier molecular flexibility index (Phi) is 7.73. The Balaban J connectivity index is 1.55. The van der Waals surface area contributed by atoms with Crippen LogP contribution in [0.25, 0.3) is 0 Å². The lowest BCUT2D eigenvalue weighted by Gasteiger charge is -2.24. The van der Waals surface area contributed by atoms with E-state index in [0.29, 0.717) is 18.4 Å². The summed E-state index contributed by atoms with van der Waals surface area (Å²) in [6, 6.07) is 7.41. The first-order valence-electron chi connectivity index (χ1n) is 8.77. The fourth-order valence-electron chi connectivity index (χ4n) is 3.09. The predicted octanol–water partition coefficient (Wildman–Crippen LogP) is 4.93. The molecule has 0 aliphatic heterocycles. The summed E-state index contributed by atoms with van der Waals surface area (Å²) in [6.45, 7) is 1.49. The third-order valence-electron chi connectivity index (χ3n) is 4.58. The van der Waals surface area contributed by atoms with Gasteiger partial charge in [0.15, 0.2) is 0 Å². The Hall–Kier alpha value is -1.22. The van der Waals surface area contributed by atoms with Crippen molar-refractivity contribution in [3.8, 4) is 5.75 Å². The zero-order valence-corrected chi connectivity index (χ0v) is 14.9. The maximum absolute atomic E-state index is 12.2. The lowest BCUT2D eigenvalue weighted by molar-refractivity contribution is -0.131. The van der Waals surface area contributed by atoms with Crippen LogP contribution in [0.1, 0.15) is 51.4 Å². The molecule has 0 N–H and O–H groups in total. The molecule has 1 aromatic rings. The molecule has 1 saturated carbocycles. The number of hydrogen-bond donors (Lipinski definition) is 0. The van der Waals surface area contributed by atoms with Crippen molar-refractivity contribution in [1.82, 2.24) is 4.90 Å². The van der Waals surface area contributed by atoms with Crippen LogP contribution in [-0.4, -0.2) is 31.0 Å². The number of rotatable bonds is 8. The topological polar surface area (TPSA) is 29.5 Å². The monoisotopic (exact) mass is 337 g/mol. The maximum atomic E-state index is 12.2. The van der Waals surface area contributed by atoms with Gasteiger partial charge in [0, 0.05) is 25.0 Å². The average Bonchev–Trinajstić information content (AvgIpc) is 2.57. The molecule has 1 fully saturated rings. The first-order valence-corrected chi connectivity index (χ1v) is 9.15. The van der Waals surface area contributed by atoms with Gasteiger partial charge < -0.3 is 9.64 Å². The average molecular weight is 338 g/mol. The van der Waals surface area contributed by atoms with Gasteiger partial charge >= 0.3 is 0 Å². The number of carbonyl (C=O) groups is 1. The zero-order valence-electron chi connectivity index (χ0n) is 14.1. The van der Waals surface area contributed by atoms with Crippen molar-refractivity contribution < 1.29 is 9.53 Å². The lowest BCUT2D eigenvalue weighted by Crippen LogP contribution is -2.30. The molecule has 0 heterocycles. The lowest BCUT2D eigenvalue weighted by atomic mass is 9.87. The van der Waals surface area contributed by atoms with Gasteiger partial charge in [-0.15, -0.1) is 0 Å². The van der Waals surface area contributed by atoms with Gasteiger partial charge in [0.25, 0.3) is 0 Å². The van der Waals surface area contributed by atoms with Gasteiger partial charge in [-0.05, 0) is 55.9 Å². The Morgan fingerprint density at radius 2 is 1.87 bits per heavy atom. The highest BCUT2D eigenvalue weighted by atomic mass is 35.5. The van der Waals surface area contributed by atoms with Gasteiger partial charge in [-0.2, -0.15) is 0 Å². The molecule has 0 spiro atoms. The van der Waals surface area contributed by atoms with Crippen molar-refractivity contribution in [3.63, 3.8) is 0 Å². The summed E-state index contributed by atoms with van der Waals surface area (Å²) in [6.07, 6.45) is 9.05. The van der Waals surface area contributed by atoms with E-state index < -0.39 is 0 Å². The van der Waals surface area contributed by atoms with Crippen molar-refractivity contribution in [2.24, 2.45) is 5.92 Å². The molecule has 128 valence electrons. The zero-order chi connectivity index (χ0) is 16.5. The molecule has 0 unspecified atom stereocenters. The van der Waals surface area contributed by atoms with Crippen LogP contribution in [0.2, 0.25) is 5.02 Å². The van der Waals surface area contributed by atoms with Crippen molar-refractivity contribution >= 4 is 17.5 Å². The second kappa shape index (κ2) is 9.82. The Morgan fingerprint density at radius 1 is 1.17 bits per heavy atom. The van der Waals surface area contributed by atoms with E-state index >= 15 is 0 Å². The summed E-state index contributed by atoms with van der Waals surface area (Å²) < 4.78 is 5.66. The molecule has 0 radical (unpaired) electrons. The predicted molar refractivity (Wildman–Crippen MR) is 95.0 cm³/mol. The minimum atomic E-state index is 0.301. The van der Waals surface area contributed by atoms with Crippen LogP contribution >= 0.6 is 11.6 Å². The molecular formula is C19H28ClNO2. The standard InChI is InChI=1S/C19H28ClNO2/c1-21(19(22)15-16-7-3-2-4-8-16)13-5-6-14-23-18-11-9-17(20)10-12-18/h9-12,16H,2-8,13-15H2,1H3. The van der Waals surface area contributed by atoms with Crippen LogP contribution < -0.4 is 4.74 Å². The number of ether oxygens (including phenoxy) is 1. The van der Waals surface area contributed by atoms with Gasteiger partial charge in [-0.25, -0.2) is 0 Å². The number of carbonyl (C=O) groups excluding carboxylic acids is 1. The normalized spacial score (nSPS) is 15.4. The van der Waals surface area contributed by atoms with E-state index in [-0.39, 0.29) is 0 Å². The number of hydrogen-bond acceptors (Lipinski definition) is 2. The largest absolute Gasteiger partial charge is 0.494 e. The van der Waals surface area contributed by atoms with Gasteiger partial charge in [0.05, 0.1) is 6.61 Å². The molecule has 1 aromatic carbocycles. The fraction of sp³-hybridized carbons (Fsp3) is 0.632. The first-order chi connectivity index (χ1) is 11.1. The van der Waals surface area contributed by atoms with E-state index in [2.05, 4.69) is 0 Å². The summed E-state index contributed by atoms with van der Waals surface area (Å²) in [5.74, 6) is 1.76. The van der Waals surface area contributed by atoms with Crippen LogP contribution in [0.3, 0.4) is 0 Å². The Morgan fingerprint density at radius 3 is 2.57 bits per heavy atom. The van der Waals surface area contributed by atoms with E-state index in [9.17, 15) is 4.79 Å². The van der Waals surface area contributed by atoms with E-state index in [1.807, 2.05) is 36.2 Å². The molecule has 2 rings (SSSR count). The summed E-state index contributed by atoms with van der Waals surface area (Å²) in [5.41, 5.74) is 0. The van der Waals surface area contributed by atoms with Crippen LogP contribution in [0.15, 0.2) is 24.3 Å². The smallest absolute Gasteiger partial charge is 0.222 e. The minimum absolute atomic E-state index is 0.301. The van der Waals surface area contributed by atoms with Gasteiger partial charge in [-0.1, -0.05) is 30.9 Å². The third kappa shape index (κ3) is 6.82. The van der Waals surface area contributed by atoms with Crippen molar-refractivity contribution in [3.05, 3.63) is 29.3 Å². The van der Waals surface area contributed by atoms with Crippen molar-refractivity contribution in [1.29, 1.82) is 0 Å². The molecule has 3 nitrogen and oxygen atoms in total. The molecule has 1 amide bonds. The van der Waals surface area contributed by atoms with Crippen LogP contribution in [0, 0.1) is 5.92 Å². The molecular weight excluding hydrogens is 310 g/mol. The van der Waals surface area contributed by atoms with Crippen LogP contribution in [-0.2, 0) is 4.79 Å². The summed E-state index contributed by atoms with van der Waals surface area (Å²) in [4.78, 5) is 14.1. The van der Waals surface area contributed by atoms with E-state index in [4.69, 9.17) is 16.3 Å². The second-order valence-corrected chi connectivity index (χ2v) is 6.97. The minimum Gasteiger partial charge on any atom is -0.494 e. The number of amides is 1. The molecule has 0 bridgehead atoms. The van der Waals surface area contributed by atoms with Crippen molar-refractivity contribution in [2.75, 3.05) is 20.2 Å². The van der Waals surface area contributed by atoms with Crippen molar-refractivity contribution in [2.45, 2.75) is 51.4 Å². The molecule has 23 heavy (non-hydrogen) atoms. The molecule has 0 saturated heterocycles. The third-order valence-corrected chi connectivity index (χ3v) is 4.84. The number of halogens is 1. The molecule has 0 aromatic heterocycles. The van der Waals surface area contributed by atoms with Gasteiger partial charge in [0.1, 0.15) is 5.75 Å². The summed E-state index contributed by atoms with van der Waals surface area (Å²) in [7, 11) is 1.92. The van der Waals surface area contributed by atoms with Gasteiger partial charge in [0.2, 0.25) is 5.91 Å². The van der Waals surface area contributed by atoms with E-state index in [1.165, 1.54) is 32.1 Å².